The molecule has 7 nitrogen and oxygen atoms in total. The molecule has 0 spiro atoms. The van der Waals surface area contributed by atoms with Crippen LogP contribution in [0, 0.1) is 5.41 Å². The predicted octanol–water partition coefficient (Wildman–Crippen LogP) is 4.61. The number of rotatable bonds is 9. The summed E-state index contributed by atoms with van der Waals surface area (Å²) in [6, 6.07) is 24.3. The first kappa shape index (κ1) is 26.7. The molecule has 4 aromatic rings. The first-order valence-electron chi connectivity index (χ1n) is 11.3. The summed E-state index contributed by atoms with van der Waals surface area (Å²) in [7, 11) is 0. The fourth-order valence-electron chi connectivity index (χ4n) is 3.47. The summed E-state index contributed by atoms with van der Waals surface area (Å²) in [5, 5.41) is 22.1. The number of primary amides is 1. The number of hydrogen-bond acceptors (Lipinski definition) is 6. The van der Waals surface area contributed by atoms with Gasteiger partial charge in [0.25, 0.3) is 0 Å². The number of phenols is 1. The standard InChI is InChI=1S/C21H23N3O.C7H6ClNO2/c22-13-16-5-7-17(8-6-16)15-24-11-12-25-21-10-9-18(14-23)19-3-1-2-4-20(19)21;8-5-3-4(7(9)11)1-2-6(5)10/h1-10,14,23-24H,11-13,15,22H2;1-3,10H,(H2,9,11). The van der Waals surface area contributed by atoms with Crippen LogP contribution in [0.25, 0.3) is 10.8 Å². The highest BCUT2D eigenvalue weighted by molar-refractivity contribution is 6.32. The number of benzene rings is 4. The monoisotopic (exact) mass is 504 g/mol. The third-order valence-electron chi connectivity index (χ3n) is 5.43. The van der Waals surface area contributed by atoms with E-state index in [1.54, 1.807) is 0 Å². The molecule has 0 unspecified atom stereocenters. The number of phenolic OH excluding ortho intramolecular Hbond substituents is 1. The van der Waals surface area contributed by atoms with Crippen molar-refractivity contribution in [2.45, 2.75) is 13.1 Å². The SMILES string of the molecule is N=Cc1ccc(OCCNCc2ccc(CN)cc2)c2ccccc12.NC(=O)c1ccc(O)c(Cl)c1. The van der Waals surface area contributed by atoms with Gasteiger partial charge in [0, 0.05) is 42.4 Å². The average molecular weight is 505 g/mol. The Bertz CT molecular complexity index is 1330. The smallest absolute Gasteiger partial charge is 0.248 e. The lowest BCUT2D eigenvalue weighted by Crippen LogP contribution is -2.20. The normalized spacial score (nSPS) is 10.4. The van der Waals surface area contributed by atoms with Gasteiger partial charge in [-0.15, -0.1) is 0 Å². The largest absolute Gasteiger partial charge is 0.506 e. The molecule has 0 saturated carbocycles. The van der Waals surface area contributed by atoms with Gasteiger partial charge >= 0.3 is 0 Å². The number of fused-ring (bicyclic) bond motifs is 1. The lowest BCUT2D eigenvalue weighted by atomic mass is 10.0. The molecule has 186 valence electrons. The zero-order valence-corrected chi connectivity index (χ0v) is 20.5. The Morgan fingerprint density at radius 1 is 1.00 bits per heavy atom. The van der Waals surface area contributed by atoms with Crippen molar-refractivity contribution in [1.82, 2.24) is 5.32 Å². The predicted molar refractivity (Wildman–Crippen MR) is 145 cm³/mol. The van der Waals surface area contributed by atoms with Crippen molar-refractivity contribution in [2.24, 2.45) is 11.5 Å². The molecule has 1 amide bonds. The number of carbonyl (C=O) groups is 1. The maximum absolute atomic E-state index is 10.5. The van der Waals surface area contributed by atoms with Gasteiger partial charge in [-0.25, -0.2) is 0 Å². The van der Waals surface area contributed by atoms with Gasteiger partial charge < -0.3 is 32.0 Å². The Morgan fingerprint density at radius 2 is 1.69 bits per heavy atom. The molecule has 0 saturated heterocycles. The second-order valence-corrected chi connectivity index (χ2v) is 8.33. The van der Waals surface area contributed by atoms with E-state index in [1.807, 2.05) is 36.4 Å². The zero-order chi connectivity index (χ0) is 25.9. The van der Waals surface area contributed by atoms with E-state index in [1.165, 1.54) is 30.0 Å². The minimum absolute atomic E-state index is 0.0586. The second kappa shape index (κ2) is 13.3. The van der Waals surface area contributed by atoms with E-state index in [4.69, 9.17) is 38.3 Å². The van der Waals surface area contributed by atoms with Crippen LogP contribution in [0.4, 0.5) is 0 Å². The number of halogens is 1. The molecule has 0 aliphatic carbocycles. The molecule has 36 heavy (non-hydrogen) atoms. The van der Waals surface area contributed by atoms with Crippen LogP contribution in [-0.4, -0.2) is 30.4 Å². The number of nitrogens with one attached hydrogen (secondary N) is 2. The van der Waals surface area contributed by atoms with Crippen molar-refractivity contribution in [1.29, 1.82) is 5.41 Å². The van der Waals surface area contributed by atoms with E-state index < -0.39 is 5.91 Å². The molecule has 0 radical (unpaired) electrons. The van der Waals surface area contributed by atoms with Crippen LogP contribution in [0.1, 0.15) is 27.0 Å². The van der Waals surface area contributed by atoms with E-state index in [9.17, 15) is 4.79 Å². The second-order valence-electron chi connectivity index (χ2n) is 7.92. The van der Waals surface area contributed by atoms with Gasteiger partial charge in [0.1, 0.15) is 18.1 Å². The molecule has 0 bridgehead atoms. The summed E-state index contributed by atoms with van der Waals surface area (Å²) in [4.78, 5) is 10.5. The number of carbonyl (C=O) groups excluding carboxylic acids is 1. The molecule has 4 rings (SSSR count). The molecule has 0 heterocycles. The molecular weight excluding hydrogens is 476 g/mol. The molecule has 0 aliphatic rings. The highest BCUT2D eigenvalue weighted by Crippen LogP contribution is 2.27. The van der Waals surface area contributed by atoms with E-state index in [0.29, 0.717) is 13.2 Å². The maximum Gasteiger partial charge on any atom is 0.248 e. The molecule has 7 N–H and O–H groups in total. The first-order valence-corrected chi connectivity index (χ1v) is 11.7. The van der Waals surface area contributed by atoms with Crippen molar-refractivity contribution >= 4 is 34.5 Å². The highest BCUT2D eigenvalue weighted by Gasteiger charge is 2.05. The Morgan fingerprint density at radius 3 is 2.33 bits per heavy atom. The van der Waals surface area contributed by atoms with Crippen LogP contribution in [0.3, 0.4) is 0 Å². The van der Waals surface area contributed by atoms with Crippen molar-refractivity contribution in [3.63, 3.8) is 0 Å². The number of amides is 1. The lowest BCUT2D eigenvalue weighted by molar-refractivity contribution is 0.100. The highest BCUT2D eigenvalue weighted by atomic mass is 35.5. The fourth-order valence-corrected chi connectivity index (χ4v) is 3.65. The minimum atomic E-state index is -0.563. The van der Waals surface area contributed by atoms with Crippen LogP contribution in [0.2, 0.25) is 5.02 Å². The molecule has 0 aromatic heterocycles. The van der Waals surface area contributed by atoms with Gasteiger partial charge in [0.15, 0.2) is 0 Å². The summed E-state index contributed by atoms with van der Waals surface area (Å²) in [5.74, 6) is 0.235. The Kier molecular flexibility index (Phi) is 9.82. The summed E-state index contributed by atoms with van der Waals surface area (Å²) in [5.41, 5.74) is 14.1. The van der Waals surface area contributed by atoms with Crippen molar-refractivity contribution in [2.75, 3.05) is 13.2 Å². The van der Waals surface area contributed by atoms with Crippen molar-refractivity contribution in [3.8, 4) is 11.5 Å². The first-order chi connectivity index (χ1) is 17.4. The average Bonchev–Trinajstić information content (AvgIpc) is 2.90. The van der Waals surface area contributed by atoms with Crippen LogP contribution in [0.15, 0.2) is 78.9 Å². The van der Waals surface area contributed by atoms with Crippen LogP contribution in [-0.2, 0) is 13.1 Å². The molecule has 0 atom stereocenters. The van der Waals surface area contributed by atoms with E-state index in [0.717, 1.165) is 40.7 Å². The van der Waals surface area contributed by atoms with E-state index in [2.05, 4.69) is 29.6 Å². The molecule has 0 fully saturated rings. The molecule has 0 aliphatic heterocycles. The Balaban J connectivity index is 0.000000275. The van der Waals surface area contributed by atoms with Gasteiger partial charge in [-0.2, -0.15) is 0 Å². The number of hydrogen-bond donors (Lipinski definition) is 5. The fraction of sp³-hybridized carbons (Fsp3) is 0.143. The zero-order valence-electron chi connectivity index (χ0n) is 19.7. The van der Waals surface area contributed by atoms with Gasteiger partial charge in [-0.3, -0.25) is 4.79 Å². The third kappa shape index (κ3) is 7.29. The van der Waals surface area contributed by atoms with Crippen LogP contribution in [0.5, 0.6) is 11.5 Å². The summed E-state index contributed by atoms with van der Waals surface area (Å²) >= 11 is 5.50. The topological polar surface area (TPSA) is 134 Å². The molecule has 4 aromatic carbocycles. The Hall–Kier alpha value is -3.91. The third-order valence-corrected chi connectivity index (χ3v) is 5.73. The van der Waals surface area contributed by atoms with Crippen LogP contribution < -0.4 is 21.5 Å². The number of aromatic hydroxyl groups is 1. The van der Waals surface area contributed by atoms with Crippen molar-refractivity contribution in [3.05, 3.63) is 106 Å². The number of nitrogens with two attached hydrogens (primary N) is 2. The van der Waals surface area contributed by atoms with E-state index >= 15 is 0 Å². The maximum atomic E-state index is 10.5. The summed E-state index contributed by atoms with van der Waals surface area (Å²) in [6.07, 6.45) is 1.38. The van der Waals surface area contributed by atoms with Crippen molar-refractivity contribution < 1.29 is 14.6 Å². The van der Waals surface area contributed by atoms with Gasteiger partial charge in [-0.1, -0.05) is 60.1 Å². The summed E-state index contributed by atoms with van der Waals surface area (Å²) < 4.78 is 5.94. The Labute approximate surface area is 215 Å². The van der Waals surface area contributed by atoms with Gasteiger partial charge in [0.05, 0.1) is 5.02 Å². The molecular formula is C28H29ClN4O3. The minimum Gasteiger partial charge on any atom is -0.506 e. The van der Waals surface area contributed by atoms with Gasteiger partial charge in [0.2, 0.25) is 5.91 Å². The van der Waals surface area contributed by atoms with Gasteiger partial charge in [-0.05, 0) is 46.8 Å². The van der Waals surface area contributed by atoms with Crippen LogP contribution >= 0.6 is 11.6 Å². The lowest BCUT2D eigenvalue weighted by Gasteiger charge is -2.11. The summed E-state index contributed by atoms with van der Waals surface area (Å²) in [6.45, 7) is 2.74. The number of ether oxygens (including phenoxy) is 1. The quantitative estimate of drug-likeness (QED) is 0.167. The van der Waals surface area contributed by atoms with E-state index in [-0.39, 0.29) is 16.3 Å². The molecule has 8 heteroatoms.